The van der Waals surface area contributed by atoms with E-state index in [4.69, 9.17) is 4.74 Å². The first kappa shape index (κ1) is 28.2. The highest BCUT2D eigenvalue weighted by molar-refractivity contribution is 5.86. The summed E-state index contributed by atoms with van der Waals surface area (Å²) in [6, 6.07) is 0. The minimum atomic E-state index is -2.60. The van der Waals surface area contributed by atoms with E-state index < -0.39 is 42.6 Å². The van der Waals surface area contributed by atoms with E-state index in [1.54, 1.807) is 0 Å². The summed E-state index contributed by atoms with van der Waals surface area (Å²) in [4.78, 5) is 12.4. The van der Waals surface area contributed by atoms with Crippen molar-refractivity contribution in [1.82, 2.24) is 0 Å². The fourth-order valence-corrected chi connectivity index (χ4v) is 3.92. The highest BCUT2D eigenvalue weighted by Crippen LogP contribution is 2.30. The average Bonchev–Trinajstić information content (AvgIpc) is 2.77. The van der Waals surface area contributed by atoms with Crippen LogP contribution in [-0.4, -0.2) is 68.1 Å². The van der Waals surface area contributed by atoms with Crippen LogP contribution in [0.5, 0.6) is 0 Å². The molecule has 1 aliphatic rings. The minimum absolute atomic E-state index is 0.00726. The maximum atomic E-state index is 12.4. The number of hydrogen-bond acceptors (Lipinski definition) is 7. The number of ether oxygens (including phenoxy) is 1. The zero-order valence-electron chi connectivity index (χ0n) is 19.1. The monoisotopic (exact) mass is 444 g/mol. The molecule has 7 nitrogen and oxygen atoms in total. The zero-order valence-corrected chi connectivity index (χ0v) is 19.1. The molecular formula is C24H44O7. The second-order valence-corrected chi connectivity index (χ2v) is 8.72. The maximum absolute atomic E-state index is 12.4. The molecule has 0 aromatic carbocycles. The maximum Gasteiger partial charge on any atom is 0.256 e. The van der Waals surface area contributed by atoms with E-state index in [2.05, 4.69) is 19.1 Å². The van der Waals surface area contributed by atoms with Crippen LogP contribution in [0.25, 0.3) is 0 Å². The molecule has 1 rings (SSSR count). The number of carbonyl (C=O) groups excluding carboxylic acids is 1. The van der Waals surface area contributed by atoms with Crippen LogP contribution in [0.2, 0.25) is 0 Å². The van der Waals surface area contributed by atoms with Crippen LogP contribution in [0.1, 0.15) is 96.8 Å². The predicted octanol–water partition coefficient (Wildman–Crippen LogP) is 2.76. The van der Waals surface area contributed by atoms with Crippen LogP contribution in [-0.2, 0) is 9.53 Å². The molecule has 0 radical (unpaired) electrons. The van der Waals surface area contributed by atoms with E-state index in [1.165, 1.54) is 38.5 Å². The van der Waals surface area contributed by atoms with Crippen molar-refractivity contribution in [2.75, 3.05) is 6.61 Å². The number of allylic oxidation sites excluding steroid dienone is 2. The van der Waals surface area contributed by atoms with Crippen molar-refractivity contribution in [2.24, 2.45) is 0 Å². The number of aliphatic hydroxyl groups is 5. The van der Waals surface area contributed by atoms with Gasteiger partial charge >= 0.3 is 0 Å². The summed E-state index contributed by atoms with van der Waals surface area (Å²) in [5.41, 5.74) is 0. The molecule has 182 valence electrons. The van der Waals surface area contributed by atoms with Crippen molar-refractivity contribution in [3.8, 4) is 0 Å². The molecule has 1 fully saturated rings. The van der Waals surface area contributed by atoms with E-state index in [9.17, 15) is 30.3 Å². The molecule has 0 bridgehead atoms. The number of unbranched alkanes of at least 4 members (excludes halogenated alkanes) is 11. The van der Waals surface area contributed by atoms with E-state index in [0.717, 1.165) is 38.5 Å². The van der Waals surface area contributed by atoms with Gasteiger partial charge < -0.3 is 30.3 Å². The molecule has 1 aliphatic heterocycles. The van der Waals surface area contributed by atoms with E-state index in [-0.39, 0.29) is 6.42 Å². The largest absolute Gasteiger partial charge is 0.394 e. The van der Waals surface area contributed by atoms with Crippen molar-refractivity contribution >= 4 is 5.78 Å². The first-order valence-corrected chi connectivity index (χ1v) is 12.1. The van der Waals surface area contributed by atoms with Gasteiger partial charge in [-0.05, 0) is 32.1 Å². The summed E-state index contributed by atoms with van der Waals surface area (Å²) in [7, 11) is 0. The number of hydrogen-bond donors (Lipinski definition) is 5. The molecule has 0 saturated carbocycles. The topological polar surface area (TPSA) is 127 Å². The molecule has 5 N–H and O–H groups in total. The van der Waals surface area contributed by atoms with Crippen LogP contribution in [0, 0.1) is 0 Å². The SMILES string of the molecule is CCCCCCCCC=CCCCCCCCC(=O)[C@]1(O)O[C@H](CO)[C@@H](O)[C@H](O)[C@H]1O. The Morgan fingerprint density at radius 3 is 1.90 bits per heavy atom. The summed E-state index contributed by atoms with van der Waals surface area (Å²) < 4.78 is 5.04. The summed E-state index contributed by atoms with van der Waals surface area (Å²) in [6.07, 6.45) is 12.5. The minimum Gasteiger partial charge on any atom is -0.394 e. The van der Waals surface area contributed by atoms with Crippen molar-refractivity contribution in [3.05, 3.63) is 12.2 Å². The highest BCUT2D eigenvalue weighted by atomic mass is 16.7. The lowest BCUT2D eigenvalue weighted by molar-refractivity contribution is -0.331. The van der Waals surface area contributed by atoms with Crippen LogP contribution < -0.4 is 0 Å². The summed E-state index contributed by atoms with van der Waals surface area (Å²) in [6.45, 7) is 1.55. The van der Waals surface area contributed by atoms with Gasteiger partial charge in [-0.25, -0.2) is 0 Å². The van der Waals surface area contributed by atoms with Gasteiger partial charge in [0.15, 0.2) is 5.78 Å². The predicted molar refractivity (Wildman–Crippen MR) is 119 cm³/mol. The molecule has 0 spiro atoms. The Hall–Kier alpha value is -0.830. The molecule has 0 aliphatic carbocycles. The molecule has 5 atom stereocenters. The van der Waals surface area contributed by atoms with Gasteiger partial charge in [0.1, 0.15) is 24.4 Å². The van der Waals surface area contributed by atoms with Crippen molar-refractivity contribution in [3.63, 3.8) is 0 Å². The number of aliphatic hydroxyl groups excluding tert-OH is 4. The summed E-state index contributed by atoms with van der Waals surface area (Å²) in [5, 5.41) is 49.1. The van der Waals surface area contributed by atoms with Gasteiger partial charge in [0.2, 0.25) is 0 Å². The van der Waals surface area contributed by atoms with Gasteiger partial charge in [0, 0.05) is 6.42 Å². The fraction of sp³-hybridized carbons (Fsp3) is 0.875. The second kappa shape index (κ2) is 15.9. The van der Waals surface area contributed by atoms with Crippen LogP contribution in [0.4, 0.5) is 0 Å². The van der Waals surface area contributed by atoms with E-state index in [1.807, 2.05) is 0 Å². The molecule has 31 heavy (non-hydrogen) atoms. The van der Waals surface area contributed by atoms with Gasteiger partial charge in [-0.15, -0.1) is 0 Å². The lowest BCUT2D eigenvalue weighted by atomic mass is 9.88. The second-order valence-electron chi connectivity index (χ2n) is 8.72. The molecule has 0 aromatic rings. The fourth-order valence-electron chi connectivity index (χ4n) is 3.92. The molecule has 0 amide bonds. The number of carbonyl (C=O) groups is 1. The standard InChI is InChI=1S/C24H44O7/c1-2-3-4-5-6-7-8-9-10-11-12-13-14-15-16-17-20(26)24(30)23(29)22(28)21(27)19(18-25)31-24/h9-10,19,21-23,25,27-30H,2-8,11-18H2,1H3/t19-,21-,22+,23-,24+/m1/s1. The van der Waals surface area contributed by atoms with Crippen molar-refractivity contribution < 1.29 is 35.1 Å². The average molecular weight is 445 g/mol. The van der Waals surface area contributed by atoms with Crippen LogP contribution >= 0.6 is 0 Å². The third-order valence-corrected chi connectivity index (χ3v) is 6.03. The Balaban J connectivity index is 2.11. The van der Waals surface area contributed by atoms with Gasteiger partial charge in [-0.1, -0.05) is 70.4 Å². The van der Waals surface area contributed by atoms with Gasteiger partial charge in [0.05, 0.1) is 6.61 Å². The molecule has 1 saturated heterocycles. The highest BCUT2D eigenvalue weighted by Gasteiger charge is 2.56. The molecule has 1 heterocycles. The third kappa shape index (κ3) is 9.68. The number of ketones is 1. The Morgan fingerprint density at radius 2 is 1.35 bits per heavy atom. The quantitative estimate of drug-likeness (QED) is 0.172. The normalized spacial score (nSPS) is 29.0. The third-order valence-electron chi connectivity index (χ3n) is 6.03. The number of Topliss-reactive ketones (excluding diaryl/α,β-unsaturated/α-hetero) is 1. The van der Waals surface area contributed by atoms with Gasteiger partial charge in [-0.3, -0.25) is 4.79 Å². The van der Waals surface area contributed by atoms with Crippen molar-refractivity contribution in [2.45, 2.75) is 127 Å². The van der Waals surface area contributed by atoms with Crippen LogP contribution in [0.15, 0.2) is 12.2 Å². The first-order chi connectivity index (χ1) is 14.9. The Labute approximate surface area is 187 Å². The Kier molecular flexibility index (Phi) is 14.5. The molecule has 7 heteroatoms. The lowest BCUT2D eigenvalue weighted by Gasteiger charge is -2.44. The number of rotatable bonds is 17. The Bertz CT molecular complexity index is 508. The molecule has 0 unspecified atom stereocenters. The summed E-state index contributed by atoms with van der Waals surface area (Å²) >= 11 is 0. The molecule has 0 aromatic heterocycles. The van der Waals surface area contributed by atoms with Gasteiger partial charge in [-0.2, -0.15) is 0 Å². The van der Waals surface area contributed by atoms with Crippen LogP contribution in [0.3, 0.4) is 0 Å². The molecular weight excluding hydrogens is 400 g/mol. The van der Waals surface area contributed by atoms with Crippen molar-refractivity contribution in [1.29, 1.82) is 0 Å². The van der Waals surface area contributed by atoms with E-state index in [0.29, 0.717) is 6.42 Å². The lowest BCUT2D eigenvalue weighted by Crippen LogP contribution is -2.68. The first-order valence-electron chi connectivity index (χ1n) is 12.1. The Morgan fingerprint density at radius 1 is 0.839 bits per heavy atom. The van der Waals surface area contributed by atoms with Gasteiger partial charge in [0.25, 0.3) is 5.79 Å². The smallest absolute Gasteiger partial charge is 0.256 e. The van der Waals surface area contributed by atoms with E-state index >= 15 is 0 Å². The zero-order chi connectivity index (χ0) is 23.1. The summed E-state index contributed by atoms with van der Waals surface area (Å²) in [5.74, 6) is -3.35.